The van der Waals surface area contributed by atoms with Crippen LogP contribution in [0.2, 0.25) is 0 Å². The number of benzene rings is 1. The predicted octanol–water partition coefficient (Wildman–Crippen LogP) is 3.68. The summed E-state index contributed by atoms with van der Waals surface area (Å²) in [4.78, 5) is 2.43. The molecule has 21 heavy (non-hydrogen) atoms. The molecular formula is C18H32N2O. The first kappa shape index (κ1) is 18.0. The second kappa shape index (κ2) is 9.80. The van der Waals surface area contributed by atoms with Crippen molar-refractivity contribution in [2.45, 2.75) is 46.7 Å². The van der Waals surface area contributed by atoms with Crippen LogP contribution >= 0.6 is 0 Å². The highest BCUT2D eigenvalue weighted by Gasteiger charge is 2.12. The van der Waals surface area contributed by atoms with Crippen LogP contribution in [0, 0.1) is 5.92 Å². The number of nitrogens with zero attached hydrogens (tertiary/aromatic N) is 1. The molecule has 1 unspecified atom stereocenters. The summed E-state index contributed by atoms with van der Waals surface area (Å²) in [5.74, 6) is 0.694. The van der Waals surface area contributed by atoms with Gasteiger partial charge in [0.25, 0.3) is 0 Å². The first-order valence-corrected chi connectivity index (χ1v) is 8.13. The van der Waals surface area contributed by atoms with Crippen LogP contribution in [0.4, 0.5) is 5.69 Å². The Morgan fingerprint density at radius 3 is 2.33 bits per heavy atom. The number of nitrogens with one attached hydrogen (secondary N) is 1. The van der Waals surface area contributed by atoms with Crippen molar-refractivity contribution >= 4 is 5.69 Å². The maximum atomic E-state index is 5.24. The van der Waals surface area contributed by atoms with E-state index in [0.717, 1.165) is 32.7 Å². The van der Waals surface area contributed by atoms with Crippen LogP contribution in [0.3, 0.4) is 0 Å². The maximum Gasteiger partial charge on any atom is 0.0637 e. The highest BCUT2D eigenvalue weighted by Crippen LogP contribution is 2.19. The van der Waals surface area contributed by atoms with Crippen LogP contribution in [0.25, 0.3) is 0 Å². The molecule has 0 fully saturated rings. The van der Waals surface area contributed by atoms with Gasteiger partial charge in [0, 0.05) is 31.9 Å². The normalized spacial score (nSPS) is 12.7. The van der Waals surface area contributed by atoms with Gasteiger partial charge in [-0.2, -0.15) is 0 Å². The summed E-state index contributed by atoms with van der Waals surface area (Å²) in [5.41, 5.74) is 2.63. The maximum absolute atomic E-state index is 5.24. The molecule has 0 heterocycles. The van der Waals surface area contributed by atoms with E-state index in [1.54, 1.807) is 7.11 Å². The second-order valence-electron chi connectivity index (χ2n) is 6.13. The molecule has 3 nitrogen and oxygen atoms in total. The summed E-state index contributed by atoms with van der Waals surface area (Å²) in [7, 11) is 1.76. The zero-order valence-electron chi connectivity index (χ0n) is 14.4. The van der Waals surface area contributed by atoms with E-state index in [-0.39, 0.29) is 0 Å². The van der Waals surface area contributed by atoms with Gasteiger partial charge in [-0.05, 0) is 43.5 Å². The molecular weight excluding hydrogens is 260 g/mol. The van der Waals surface area contributed by atoms with Gasteiger partial charge in [-0.1, -0.05) is 32.9 Å². The quantitative estimate of drug-likeness (QED) is 0.712. The van der Waals surface area contributed by atoms with Gasteiger partial charge in [-0.25, -0.2) is 0 Å². The SMILES string of the molecule is CCC(C)N(CCOC)c1ccc(CNCC(C)C)cc1. The van der Waals surface area contributed by atoms with Crippen molar-refractivity contribution in [3.8, 4) is 0 Å². The molecule has 120 valence electrons. The molecule has 0 saturated carbocycles. The molecule has 0 aromatic heterocycles. The molecule has 0 aliphatic rings. The van der Waals surface area contributed by atoms with E-state index in [4.69, 9.17) is 4.74 Å². The summed E-state index contributed by atoms with van der Waals surface area (Å²) in [5, 5.41) is 3.48. The van der Waals surface area contributed by atoms with Gasteiger partial charge in [0.15, 0.2) is 0 Å². The minimum absolute atomic E-state index is 0.532. The molecule has 0 bridgehead atoms. The number of anilines is 1. The molecule has 3 heteroatoms. The number of hydrogen-bond donors (Lipinski definition) is 1. The van der Waals surface area contributed by atoms with Gasteiger partial charge in [-0.3, -0.25) is 0 Å². The van der Waals surface area contributed by atoms with Crippen molar-refractivity contribution in [3.63, 3.8) is 0 Å². The Hall–Kier alpha value is -1.06. The summed E-state index contributed by atoms with van der Waals surface area (Å²) in [6.07, 6.45) is 1.14. The van der Waals surface area contributed by atoms with Crippen molar-refractivity contribution in [2.75, 3.05) is 31.7 Å². The van der Waals surface area contributed by atoms with E-state index in [9.17, 15) is 0 Å². The second-order valence-corrected chi connectivity index (χ2v) is 6.13. The van der Waals surface area contributed by atoms with Gasteiger partial charge in [0.1, 0.15) is 0 Å². The predicted molar refractivity (Wildman–Crippen MR) is 92.0 cm³/mol. The minimum atomic E-state index is 0.532. The van der Waals surface area contributed by atoms with E-state index < -0.39 is 0 Å². The van der Waals surface area contributed by atoms with E-state index in [1.165, 1.54) is 11.3 Å². The van der Waals surface area contributed by atoms with Gasteiger partial charge in [0.2, 0.25) is 0 Å². The van der Waals surface area contributed by atoms with Crippen LogP contribution < -0.4 is 10.2 Å². The fraction of sp³-hybridized carbons (Fsp3) is 0.667. The molecule has 0 saturated heterocycles. The van der Waals surface area contributed by atoms with Gasteiger partial charge in [-0.15, -0.1) is 0 Å². The Balaban J connectivity index is 2.64. The van der Waals surface area contributed by atoms with Crippen molar-refractivity contribution in [1.29, 1.82) is 0 Å². The molecule has 1 rings (SSSR count). The lowest BCUT2D eigenvalue weighted by atomic mass is 10.1. The van der Waals surface area contributed by atoms with Crippen LogP contribution in [0.1, 0.15) is 39.7 Å². The highest BCUT2D eigenvalue weighted by molar-refractivity contribution is 5.48. The molecule has 1 aromatic carbocycles. The molecule has 0 aliphatic heterocycles. The fourth-order valence-electron chi connectivity index (χ4n) is 2.32. The number of methoxy groups -OCH3 is 1. The first-order chi connectivity index (χ1) is 10.1. The third-order valence-electron chi connectivity index (χ3n) is 3.81. The monoisotopic (exact) mass is 292 g/mol. The summed E-state index contributed by atoms with van der Waals surface area (Å²) in [6, 6.07) is 9.45. The molecule has 0 amide bonds. The number of rotatable bonds is 10. The van der Waals surface area contributed by atoms with E-state index in [1.807, 2.05) is 0 Å². The molecule has 1 N–H and O–H groups in total. The first-order valence-electron chi connectivity index (χ1n) is 8.13. The smallest absolute Gasteiger partial charge is 0.0637 e. The molecule has 1 aromatic rings. The lowest BCUT2D eigenvalue weighted by molar-refractivity contribution is 0.203. The van der Waals surface area contributed by atoms with E-state index in [2.05, 4.69) is 62.2 Å². The van der Waals surface area contributed by atoms with E-state index >= 15 is 0 Å². The van der Waals surface area contributed by atoms with Crippen molar-refractivity contribution < 1.29 is 4.74 Å². The number of hydrogen-bond acceptors (Lipinski definition) is 3. The third-order valence-corrected chi connectivity index (χ3v) is 3.81. The minimum Gasteiger partial charge on any atom is -0.383 e. The highest BCUT2D eigenvalue weighted by atomic mass is 16.5. The van der Waals surface area contributed by atoms with Gasteiger partial charge in [0.05, 0.1) is 6.61 Å². The molecule has 0 radical (unpaired) electrons. The summed E-state index contributed by atoms with van der Waals surface area (Å²) < 4.78 is 5.24. The summed E-state index contributed by atoms with van der Waals surface area (Å²) >= 11 is 0. The van der Waals surface area contributed by atoms with Crippen LogP contribution in [-0.4, -0.2) is 32.8 Å². The van der Waals surface area contributed by atoms with E-state index in [0.29, 0.717) is 12.0 Å². The van der Waals surface area contributed by atoms with Crippen molar-refractivity contribution in [3.05, 3.63) is 29.8 Å². The lowest BCUT2D eigenvalue weighted by Crippen LogP contribution is -2.35. The van der Waals surface area contributed by atoms with Crippen LogP contribution in [0.15, 0.2) is 24.3 Å². The van der Waals surface area contributed by atoms with Crippen molar-refractivity contribution in [2.24, 2.45) is 5.92 Å². The van der Waals surface area contributed by atoms with Gasteiger partial charge >= 0.3 is 0 Å². The Morgan fingerprint density at radius 1 is 1.14 bits per heavy atom. The average molecular weight is 292 g/mol. The molecule has 0 spiro atoms. The average Bonchev–Trinajstić information content (AvgIpc) is 2.48. The Morgan fingerprint density at radius 2 is 1.81 bits per heavy atom. The zero-order chi connectivity index (χ0) is 15.7. The summed E-state index contributed by atoms with van der Waals surface area (Å²) in [6.45, 7) is 12.7. The Kier molecular flexibility index (Phi) is 8.40. The fourth-order valence-corrected chi connectivity index (χ4v) is 2.32. The molecule has 0 aliphatic carbocycles. The van der Waals surface area contributed by atoms with Crippen LogP contribution in [0.5, 0.6) is 0 Å². The topological polar surface area (TPSA) is 24.5 Å². The van der Waals surface area contributed by atoms with Crippen LogP contribution in [-0.2, 0) is 11.3 Å². The largest absolute Gasteiger partial charge is 0.383 e. The van der Waals surface area contributed by atoms with Gasteiger partial charge < -0.3 is 15.0 Å². The lowest BCUT2D eigenvalue weighted by Gasteiger charge is -2.30. The molecule has 1 atom stereocenters. The van der Waals surface area contributed by atoms with Crippen molar-refractivity contribution in [1.82, 2.24) is 5.32 Å². The zero-order valence-corrected chi connectivity index (χ0v) is 14.4. The third kappa shape index (κ3) is 6.49. The Bertz CT molecular complexity index is 375. The standard InChI is InChI=1S/C18H32N2O/c1-6-16(4)20(11-12-21-5)18-9-7-17(8-10-18)14-19-13-15(2)3/h7-10,15-16,19H,6,11-14H2,1-5H3. The Labute approximate surface area is 130 Å². The number of ether oxygens (including phenoxy) is 1.